The Balaban J connectivity index is 0.000000269. The summed E-state index contributed by atoms with van der Waals surface area (Å²) in [5, 5.41) is 14.4. The van der Waals surface area contributed by atoms with Gasteiger partial charge in [-0.3, -0.25) is 9.78 Å². The number of furan rings is 1. The molecule has 4 nitrogen and oxygen atoms in total. The first-order valence-electron chi connectivity index (χ1n) is 16.8. The molecule has 0 atom stereocenters. The summed E-state index contributed by atoms with van der Waals surface area (Å²) in [7, 11) is 0. The Kier molecular flexibility index (Phi) is 12.6. The predicted octanol–water partition coefficient (Wildman–Crippen LogP) is 12.2. The van der Waals surface area contributed by atoms with Crippen molar-refractivity contribution in [3.05, 3.63) is 89.8 Å². The number of aryl methyl sites for hydroxylation is 1. The van der Waals surface area contributed by atoms with Gasteiger partial charge in [-0.1, -0.05) is 95.1 Å². The number of ketones is 1. The summed E-state index contributed by atoms with van der Waals surface area (Å²) < 4.78 is 8.77. The molecule has 249 valence electrons. The zero-order valence-corrected chi connectivity index (χ0v) is 31.8. The first kappa shape index (κ1) is 36.5. The van der Waals surface area contributed by atoms with Crippen molar-refractivity contribution in [2.75, 3.05) is 0 Å². The molecular weight excluding hydrogens is 779 g/mol. The van der Waals surface area contributed by atoms with Crippen LogP contribution >= 0.6 is 11.3 Å². The van der Waals surface area contributed by atoms with Crippen molar-refractivity contribution >= 4 is 59.2 Å². The molecule has 0 aliphatic rings. The van der Waals surface area contributed by atoms with Gasteiger partial charge in [0.25, 0.3) is 0 Å². The maximum atomic E-state index is 11.7. The number of nitrogens with zero attached hydrogens (tertiary/aromatic N) is 1. The Morgan fingerprint density at radius 2 is 1.66 bits per heavy atom. The fourth-order valence-electron chi connectivity index (χ4n) is 6.33. The number of pyridine rings is 1. The zero-order valence-electron chi connectivity index (χ0n) is 28.6. The summed E-state index contributed by atoms with van der Waals surface area (Å²) in [4.78, 5) is 16.5. The SMILES string of the molecule is CCC(CC)C(=O)/C=C(\O)C(CC)CC.Cc1c2ccccc2[c-]c2c1sc1c(-c3cc4ccc(CC(C)C)cc4o3)ccnc12.[Ir]. The average Bonchev–Trinajstić information content (AvgIpc) is 3.64. The van der Waals surface area contributed by atoms with Crippen LogP contribution < -0.4 is 0 Å². The standard InChI is InChI=1S/C28H22NOS.C13H24O2.Ir/c1-16(2)12-18-8-9-20-15-25(30-24(20)13-18)22-10-11-29-26-23-14-19-6-4-5-7-21(19)17(3)27(23)31-28(22)26;1-5-10(6-2)12(14)9-13(15)11(7-3)8-4;/h4-11,13,15-16H,12H2,1-3H3;9-11,14H,5-8H2,1-4H3;/q-1;;/b;12-9-;. The third kappa shape index (κ3) is 7.88. The average molecular weight is 825 g/mol. The zero-order chi connectivity index (χ0) is 33.0. The molecule has 6 rings (SSSR count). The van der Waals surface area contributed by atoms with Crippen LogP contribution in [0, 0.1) is 30.7 Å². The predicted molar refractivity (Wildman–Crippen MR) is 196 cm³/mol. The maximum Gasteiger partial charge on any atom is 0.162 e. The maximum absolute atomic E-state index is 11.7. The number of benzene rings is 3. The van der Waals surface area contributed by atoms with E-state index in [2.05, 4.69) is 81.4 Å². The van der Waals surface area contributed by atoms with Crippen molar-refractivity contribution in [1.82, 2.24) is 4.98 Å². The van der Waals surface area contributed by atoms with Crippen LogP contribution in [0.15, 0.2) is 77.0 Å². The monoisotopic (exact) mass is 825 g/mol. The van der Waals surface area contributed by atoms with Crippen molar-refractivity contribution in [1.29, 1.82) is 0 Å². The largest absolute Gasteiger partial charge is 0.512 e. The number of thiophene rings is 1. The summed E-state index contributed by atoms with van der Waals surface area (Å²) in [5.41, 5.74) is 5.67. The fraction of sp³-hybridized carbons (Fsp3) is 0.366. The first-order valence-corrected chi connectivity index (χ1v) is 17.6. The smallest absolute Gasteiger partial charge is 0.162 e. The van der Waals surface area contributed by atoms with Gasteiger partial charge in [-0.25, -0.2) is 0 Å². The Bertz CT molecular complexity index is 2010. The number of allylic oxidation sites excluding steroid dienone is 2. The van der Waals surface area contributed by atoms with E-state index >= 15 is 0 Å². The van der Waals surface area contributed by atoms with E-state index < -0.39 is 0 Å². The summed E-state index contributed by atoms with van der Waals surface area (Å²) >= 11 is 1.79. The van der Waals surface area contributed by atoms with Crippen LogP contribution in [0.5, 0.6) is 0 Å². The van der Waals surface area contributed by atoms with Crippen molar-refractivity contribution in [3.8, 4) is 11.3 Å². The quantitative estimate of drug-likeness (QED) is 0.0849. The summed E-state index contributed by atoms with van der Waals surface area (Å²) in [5.74, 6) is 2.07. The summed E-state index contributed by atoms with van der Waals surface area (Å²) in [6.45, 7) is 14.8. The number of hydrogen-bond acceptors (Lipinski definition) is 5. The molecule has 3 heterocycles. The van der Waals surface area contributed by atoms with Gasteiger partial charge in [0, 0.05) is 65.4 Å². The third-order valence-corrected chi connectivity index (χ3v) is 10.4. The molecule has 0 saturated heterocycles. The van der Waals surface area contributed by atoms with E-state index in [0.29, 0.717) is 5.92 Å². The number of rotatable bonds is 10. The molecule has 47 heavy (non-hydrogen) atoms. The van der Waals surface area contributed by atoms with E-state index in [1.54, 1.807) is 11.3 Å². The minimum Gasteiger partial charge on any atom is -0.512 e. The van der Waals surface area contributed by atoms with Crippen molar-refractivity contribution in [2.45, 2.75) is 80.6 Å². The van der Waals surface area contributed by atoms with Crippen LogP contribution in [0.4, 0.5) is 0 Å². The number of carbonyl (C=O) groups is 1. The number of aromatic nitrogens is 1. The van der Waals surface area contributed by atoms with Crippen molar-refractivity contribution in [3.63, 3.8) is 0 Å². The van der Waals surface area contributed by atoms with Gasteiger partial charge in [0.2, 0.25) is 0 Å². The number of aliphatic hydroxyl groups excluding tert-OH is 1. The van der Waals surface area contributed by atoms with Crippen LogP contribution in [-0.2, 0) is 31.3 Å². The van der Waals surface area contributed by atoms with Gasteiger partial charge in [-0.2, -0.15) is 11.3 Å². The van der Waals surface area contributed by atoms with Crippen molar-refractivity contribution in [2.24, 2.45) is 17.8 Å². The Morgan fingerprint density at radius 1 is 0.957 bits per heavy atom. The van der Waals surface area contributed by atoms with Crippen LogP contribution in [0.1, 0.15) is 78.4 Å². The molecule has 0 aliphatic heterocycles. The van der Waals surface area contributed by atoms with Gasteiger partial charge >= 0.3 is 0 Å². The Hall–Kier alpha value is -3.31. The Morgan fingerprint density at radius 3 is 2.34 bits per heavy atom. The molecule has 0 saturated carbocycles. The molecule has 3 aromatic heterocycles. The van der Waals surface area contributed by atoms with E-state index in [1.807, 2.05) is 33.9 Å². The van der Waals surface area contributed by atoms with Crippen LogP contribution in [-0.4, -0.2) is 15.9 Å². The van der Waals surface area contributed by atoms with E-state index in [4.69, 9.17) is 9.40 Å². The topological polar surface area (TPSA) is 63.3 Å². The second-order valence-electron chi connectivity index (χ2n) is 12.7. The van der Waals surface area contributed by atoms with Gasteiger partial charge in [-0.15, -0.1) is 17.5 Å². The molecule has 0 spiro atoms. The van der Waals surface area contributed by atoms with Gasteiger partial charge < -0.3 is 9.52 Å². The fourth-order valence-corrected chi connectivity index (χ4v) is 7.57. The number of fused-ring (bicyclic) bond motifs is 5. The molecule has 0 fully saturated rings. The minimum atomic E-state index is 0. The van der Waals surface area contributed by atoms with E-state index in [9.17, 15) is 9.90 Å². The molecule has 0 bridgehead atoms. The van der Waals surface area contributed by atoms with Gasteiger partial charge in [0.05, 0.1) is 5.76 Å². The molecule has 6 heteroatoms. The molecule has 0 unspecified atom stereocenters. The van der Waals surface area contributed by atoms with E-state index in [1.165, 1.54) is 27.3 Å². The van der Waals surface area contributed by atoms with E-state index in [0.717, 1.165) is 75.4 Å². The molecule has 0 amide bonds. The second kappa shape index (κ2) is 16.2. The molecule has 1 N–H and O–H groups in total. The molecule has 1 radical (unpaired) electrons. The van der Waals surface area contributed by atoms with Gasteiger partial charge in [0.15, 0.2) is 5.78 Å². The molecule has 6 aromatic rings. The first-order chi connectivity index (χ1) is 22.2. The summed E-state index contributed by atoms with van der Waals surface area (Å²) in [6, 6.07) is 22.9. The second-order valence-corrected chi connectivity index (χ2v) is 13.7. The van der Waals surface area contributed by atoms with Gasteiger partial charge in [0.1, 0.15) is 11.3 Å². The third-order valence-electron chi connectivity index (χ3n) is 9.08. The number of aliphatic hydroxyl groups is 1. The normalized spacial score (nSPS) is 12.0. The van der Waals surface area contributed by atoms with Crippen molar-refractivity contribution < 1.29 is 34.4 Å². The minimum absolute atomic E-state index is 0. The van der Waals surface area contributed by atoms with Gasteiger partial charge in [-0.05, 0) is 66.5 Å². The van der Waals surface area contributed by atoms with Crippen LogP contribution in [0.25, 0.3) is 53.4 Å². The molecular formula is C41H46IrNO3S-. The van der Waals surface area contributed by atoms with Crippen LogP contribution in [0.2, 0.25) is 0 Å². The van der Waals surface area contributed by atoms with E-state index in [-0.39, 0.29) is 43.5 Å². The Labute approximate surface area is 296 Å². The van der Waals surface area contributed by atoms with Crippen LogP contribution in [0.3, 0.4) is 0 Å². The molecule has 3 aromatic carbocycles. The molecule has 0 aliphatic carbocycles. The number of carbonyl (C=O) groups excluding carboxylic acids is 1. The number of hydrogen-bond donors (Lipinski definition) is 1. The summed E-state index contributed by atoms with van der Waals surface area (Å²) in [6.07, 6.45) is 7.85.